The Morgan fingerprint density at radius 2 is 1.93 bits per heavy atom. The van der Waals surface area contributed by atoms with E-state index in [2.05, 4.69) is 17.0 Å². The van der Waals surface area contributed by atoms with Gasteiger partial charge < -0.3 is 15.1 Å². The molecule has 3 heterocycles. The van der Waals surface area contributed by atoms with Gasteiger partial charge in [-0.15, -0.1) is 0 Å². The molecular weight excluding hydrogens is 574 g/mol. The normalized spacial score (nSPS) is 15.6. The molecule has 2 aromatic carbocycles. The summed E-state index contributed by atoms with van der Waals surface area (Å²) in [5, 5.41) is 8.30. The van der Waals surface area contributed by atoms with Gasteiger partial charge >= 0.3 is 0 Å². The Balaban J connectivity index is 1.35. The van der Waals surface area contributed by atoms with Crippen molar-refractivity contribution in [1.82, 2.24) is 19.4 Å². The van der Waals surface area contributed by atoms with Crippen LogP contribution in [0.25, 0.3) is 16.8 Å². The number of carbonyl (C=O) groups is 2. The minimum Gasteiger partial charge on any atom is -0.336 e. The molecule has 0 aliphatic carbocycles. The number of allylic oxidation sites excluding steroid dienone is 1. The third kappa shape index (κ3) is 7.37. The fraction of sp³-hybridized carbons (Fsp3) is 0.206. The minimum atomic E-state index is -0.215. The maximum atomic E-state index is 13.4. The first-order valence-corrected chi connectivity index (χ1v) is 14.7. The van der Waals surface area contributed by atoms with Crippen LogP contribution in [-0.2, 0) is 4.79 Å². The smallest absolute Gasteiger partial charge is 0.253 e. The van der Waals surface area contributed by atoms with Crippen molar-refractivity contribution in [2.24, 2.45) is 9.98 Å². The molecule has 1 saturated heterocycles. The summed E-state index contributed by atoms with van der Waals surface area (Å²) in [6.07, 6.45) is 9.35. The number of benzene rings is 2. The number of pyridine rings is 1. The van der Waals surface area contributed by atoms with Crippen LogP contribution in [0.2, 0.25) is 5.02 Å². The van der Waals surface area contributed by atoms with E-state index in [-0.39, 0.29) is 17.9 Å². The fourth-order valence-corrected chi connectivity index (χ4v) is 5.26. The Bertz CT molecular complexity index is 1760. The van der Waals surface area contributed by atoms with E-state index in [4.69, 9.17) is 21.7 Å². The molecule has 9 nitrogen and oxygen atoms in total. The van der Waals surface area contributed by atoms with Crippen LogP contribution in [0, 0.1) is 0 Å². The van der Waals surface area contributed by atoms with Crippen LogP contribution in [0.3, 0.4) is 0 Å². The molecular formula is C34H34ClN7O2. The lowest BCUT2D eigenvalue weighted by Gasteiger charge is -2.16. The quantitative estimate of drug-likeness (QED) is 0.187. The Kier molecular flexibility index (Phi) is 9.79. The molecule has 5 rings (SSSR count). The first kappa shape index (κ1) is 30.6. The number of aromatic nitrogens is 2. The highest BCUT2D eigenvalue weighted by atomic mass is 35.5. The number of nitrogens with zero attached hydrogens (tertiary/aromatic N) is 6. The highest BCUT2D eigenvalue weighted by Gasteiger charge is 2.28. The van der Waals surface area contributed by atoms with Crippen LogP contribution in [0.1, 0.15) is 22.3 Å². The number of aliphatic imine (C=N–C) groups is 2. The number of nitrogens with one attached hydrogen (secondary N) is 1. The number of anilines is 1. The zero-order valence-corrected chi connectivity index (χ0v) is 25.5. The van der Waals surface area contributed by atoms with Gasteiger partial charge in [0.2, 0.25) is 5.91 Å². The summed E-state index contributed by atoms with van der Waals surface area (Å²) in [4.78, 5) is 38.4. The summed E-state index contributed by atoms with van der Waals surface area (Å²) in [6.45, 7) is 5.32. The summed E-state index contributed by atoms with van der Waals surface area (Å²) < 4.78 is 1.83. The largest absolute Gasteiger partial charge is 0.336 e. The highest BCUT2D eigenvalue weighted by molar-refractivity contribution is 6.31. The van der Waals surface area contributed by atoms with E-state index in [1.165, 1.54) is 6.08 Å². The number of fused-ring (bicyclic) bond motifs is 1. The summed E-state index contributed by atoms with van der Waals surface area (Å²) in [5.41, 5.74) is 5.24. The number of rotatable bonds is 10. The van der Waals surface area contributed by atoms with Gasteiger partial charge in [-0.1, -0.05) is 35.9 Å². The maximum Gasteiger partial charge on any atom is 0.253 e. The molecule has 1 aliphatic rings. The average Bonchev–Trinajstić information content (AvgIpc) is 3.64. The molecule has 1 unspecified atom stereocenters. The van der Waals surface area contributed by atoms with Crippen molar-refractivity contribution in [3.63, 3.8) is 0 Å². The number of amides is 2. The van der Waals surface area contributed by atoms with Gasteiger partial charge in [-0.05, 0) is 81.8 Å². The third-order valence-electron chi connectivity index (χ3n) is 7.14. The molecule has 0 bridgehead atoms. The highest BCUT2D eigenvalue weighted by Crippen LogP contribution is 2.30. The summed E-state index contributed by atoms with van der Waals surface area (Å²) in [7, 11) is 3.87. The Morgan fingerprint density at radius 1 is 1.11 bits per heavy atom. The van der Waals surface area contributed by atoms with Crippen molar-refractivity contribution >= 4 is 47.0 Å². The van der Waals surface area contributed by atoms with E-state index in [1.807, 2.05) is 83.1 Å². The van der Waals surface area contributed by atoms with Crippen LogP contribution >= 0.6 is 11.6 Å². The van der Waals surface area contributed by atoms with E-state index < -0.39 is 0 Å². The van der Waals surface area contributed by atoms with Gasteiger partial charge in [0.1, 0.15) is 5.69 Å². The molecule has 0 spiro atoms. The van der Waals surface area contributed by atoms with Crippen LogP contribution in [0.15, 0.2) is 107 Å². The molecule has 2 amide bonds. The lowest BCUT2D eigenvalue weighted by Crippen LogP contribution is -2.29. The van der Waals surface area contributed by atoms with Gasteiger partial charge in [-0.2, -0.15) is 5.10 Å². The van der Waals surface area contributed by atoms with Gasteiger partial charge in [0, 0.05) is 59.9 Å². The summed E-state index contributed by atoms with van der Waals surface area (Å²) in [6, 6.07) is 20.3. The molecule has 1 N–H and O–H groups in total. The van der Waals surface area contributed by atoms with E-state index in [1.54, 1.807) is 36.5 Å². The third-order valence-corrected chi connectivity index (χ3v) is 7.38. The number of likely N-dealkylation sites (N-methyl/N-ethyl adjacent to an activating group) is 1. The minimum absolute atomic E-state index is 0.0769. The number of halogens is 1. The van der Waals surface area contributed by atoms with Crippen LogP contribution in [0.5, 0.6) is 0 Å². The van der Waals surface area contributed by atoms with Crippen molar-refractivity contribution in [1.29, 1.82) is 0 Å². The Hall–Kier alpha value is -4.86. The standard InChI is InChI=1S/C34H34ClN7O2/c1-36-18-16-29(32-30-10-4-5-20-42(30)39-33(32)25-8-6-9-26(35)22-25)37-28-17-21-41(23-28)34(44)24-12-14-27(15-13-24)38-31(43)11-7-19-40(2)3/h4-16,18,20,22,28H,1,17,19,21,23H2,2-3H3,(H,38,43)/b11-7+,18-16-,37-29+. The zero-order chi connectivity index (χ0) is 31.1. The molecule has 0 saturated carbocycles. The van der Waals surface area contributed by atoms with E-state index in [0.29, 0.717) is 48.0 Å². The van der Waals surface area contributed by atoms with E-state index in [9.17, 15) is 9.59 Å². The molecule has 1 aliphatic heterocycles. The molecule has 1 fully saturated rings. The van der Waals surface area contributed by atoms with Crippen molar-refractivity contribution < 1.29 is 9.59 Å². The van der Waals surface area contributed by atoms with Crippen LogP contribution < -0.4 is 5.32 Å². The van der Waals surface area contributed by atoms with Crippen LogP contribution in [0.4, 0.5) is 5.69 Å². The molecule has 224 valence electrons. The second-order valence-corrected chi connectivity index (χ2v) is 11.1. The predicted octanol–water partition coefficient (Wildman–Crippen LogP) is 5.63. The summed E-state index contributed by atoms with van der Waals surface area (Å²) in [5.74, 6) is -0.292. The molecule has 44 heavy (non-hydrogen) atoms. The second-order valence-electron chi connectivity index (χ2n) is 10.7. The molecule has 4 aromatic rings. The Labute approximate surface area is 261 Å². The van der Waals surface area contributed by atoms with Crippen LogP contribution in [-0.4, -0.2) is 83.4 Å². The number of carbonyl (C=O) groups excluding carboxylic acids is 2. The monoisotopic (exact) mass is 607 g/mol. The SMILES string of the molecule is C=N/C=C\C(=N/C1CCN(C(=O)c2ccc(NC(=O)/C=C/CN(C)C)cc2)C1)c1c(-c2cccc(Cl)c2)nn2ccccc12. The Morgan fingerprint density at radius 3 is 2.68 bits per heavy atom. The van der Waals surface area contributed by atoms with Gasteiger partial charge in [0.15, 0.2) is 0 Å². The topological polar surface area (TPSA) is 94.7 Å². The van der Waals surface area contributed by atoms with Gasteiger partial charge in [-0.3, -0.25) is 19.6 Å². The first-order valence-electron chi connectivity index (χ1n) is 14.3. The first-order chi connectivity index (χ1) is 21.3. The van der Waals surface area contributed by atoms with Gasteiger partial charge in [-0.25, -0.2) is 4.52 Å². The van der Waals surface area contributed by atoms with Crippen molar-refractivity contribution in [2.45, 2.75) is 12.5 Å². The number of hydrogen-bond acceptors (Lipinski definition) is 6. The fourth-order valence-electron chi connectivity index (χ4n) is 5.06. The maximum absolute atomic E-state index is 13.4. The zero-order valence-electron chi connectivity index (χ0n) is 24.7. The second kappa shape index (κ2) is 14.1. The average molecular weight is 608 g/mol. The lowest BCUT2D eigenvalue weighted by molar-refractivity contribution is -0.111. The van der Waals surface area contributed by atoms with Crippen molar-refractivity contribution in [2.75, 3.05) is 39.0 Å². The molecule has 10 heteroatoms. The summed E-state index contributed by atoms with van der Waals surface area (Å²) >= 11 is 6.34. The van der Waals surface area contributed by atoms with E-state index in [0.717, 1.165) is 22.3 Å². The molecule has 0 radical (unpaired) electrons. The predicted molar refractivity (Wildman–Crippen MR) is 178 cm³/mol. The number of likely N-dealkylation sites (tertiary alicyclic amines) is 1. The van der Waals surface area contributed by atoms with Crippen molar-refractivity contribution in [3.8, 4) is 11.3 Å². The van der Waals surface area contributed by atoms with Gasteiger partial charge in [0.25, 0.3) is 5.91 Å². The molecule has 1 atom stereocenters. The van der Waals surface area contributed by atoms with Gasteiger partial charge in [0.05, 0.1) is 22.8 Å². The lowest BCUT2D eigenvalue weighted by atomic mass is 10.0. The van der Waals surface area contributed by atoms with E-state index >= 15 is 0 Å². The molecule has 2 aromatic heterocycles. The number of hydrogen-bond donors (Lipinski definition) is 1. The van der Waals surface area contributed by atoms with Crippen molar-refractivity contribution in [3.05, 3.63) is 114 Å².